The number of terminal acetylenes is 1. The molecule has 1 aliphatic rings. The van der Waals surface area contributed by atoms with Crippen LogP contribution in [0.15, 0.2) is 73.3 Å². The summed E-state index contributed by atoms with van der Waals surface area (Å²) in [5.74, 6) is 2.56. The topological polar surface area (TPSA) is 58.1 Å². The second-order valence-corrected chi connectivity index (χ2v) is 8.06. The zero-order valence-electron chi connectivity index (χ0n) is 17.5. The third-order valence-electron chi connectivity index (χ3n) is 5.91. The minimum Gasteiger partial charge on any atom is -0.345 e. The molecule has 1 N–H and O–H groups in total. The van der Waals surface area contributed by atoms with Gasteiger partial charge in [-0.05, 0) is 48.2 Å². The van der Waals surface area contributed by atoms with Gasteiger partial charge in [-0.25, -0.2) is 0 Å². The van der Waals surface area contributed by atoms with E-state index in [4.69, 9.17) is 6.42 Å². The molecule has 31 heavy (non-hydrogen) atoms. The SMILES string of the molecule is C#CCNC(=O)C1(Cc2ccccc2-c2cccnc2)CCN(Cc2cccnc2)C1. The van der Waals surface area contributed by atoms with Crippen LogP contribution in [0, 0.1) is 17.8 Å². The Morgan fingerprint density at radius 1 is 1.10 bits per heavy atom. The third-order valence-corrected chi connectivity index (χ3v) is 5.91. The molecule has 0 bridgehead atoms. The van der Waals surface area contributed by atoms with Crippen LogP contribution in [0.25, 0.3) is 11.1 Å². The van der Waals surface area contributed by atoms with Gasteiger partial charge >= 0.3 is 0 Å². The molecule has 4 rings (SSSR count). The summed E-state index contributed by atoms with van der Waals surface area (Å²) in [7, 11) is 0. The van der Waals surface area contributed by atoms with E-state index in [1.54, 1.807) is 12.4 Å². The molecule has 5 nitrogen and oxygen atoms in total. The molecule has 1 aliphatic heterocycles. The number of hydrogen-bond acceptors (Lipinski definition) is 4. The molecule has 1 atom stereocenters. The van der Waals surface area contributed by atoms with Crippen molar-refractivity contribution in [3.63, 3.8) is 0 Å². The van der Waals surface area contributed by atoms with Crippen LogP contribution in [0.4, 0.5) is 0 Å². The number of carbonyl (C=O) groups is 1. The van der Waals surface area contributed by atoms with Crippen LogP contribution >= 0.6 is 0 Å². The number of benzene rings is 1. The molecule has 156 valence electrons. The van der Waals surface area contributed by atoms with Crippen LogP contribution in [-0.4, -0.2) is 40.4 Å². The largest absolute Gasteiger partial charge is 0.345 e. The Morgan fingerprint density at radius 3 is 2.65 bits per heavy atom. The van der Waals surface area contributed by atoms with Crippen molar-refractivity contribution >= 4 is 5.91 Å². The molecule has 1 saturated heterocycles. The Labute approximate surface area is 183 Å². The van der Waals surface area contributed by atoms with Crippen LogP contribution in [0.3, 0.4) is 0 Å². The predicted molar refractivity (Wildman–Crippen MR) is 122 cm³/mol. The average molecular weight is 411 g/mol. The lowest BCUT2D eigenvalue weighted by atomic mass is 9.78. The van der Waals surface area contributed by atoms with Crippen LogP contribution in [-0.2, 0) is 17.8 Å². The second-order valence-electron chi connectivity index (χ2n) is 8.06. The number of likely N-dealkylation sites (tertiary alicyclic amines) is 1. The minimum absolute atomic E-state index is 0.0279. The number of rotatable bonds is 7. The number of nitrogens with zero attached hydrogens (tertiary/aromatic N) is 3. The number of aromatic nitrogens is 2. The van der Waals surface area contributed by atoms with Crippen molar-refractivity contribution in [2.75, 3.05) is 19.6 Å². The van der Waals surface area contributed by atoms with Crippen molar-refractivity contribution in [2.24, 2.45) is 5.41 Å². The fourth-order valence-corrected chi connectivity index (χ4v) is 4.41. The van der Waals surface area contributed by atoms with Crippen LogP contribution in [0.5, 0.6) is 0 Å². The fraction of sp³-hybridized carbons (Fsp3) is 0.269. The number of amides is 1. The third kappa shape index (κ3) is 4.82. The maximum atomic E-state index is 13.3. The van der Waals surface area contributed by atoms with Crippen molar-refractivity contribution in [3.05, 3.63) is 84.4 Å². The van der Waals surface area contributed by atoms with E-state index in [1.807, 2.05) is 36.7 Å². The summed E-state index contributed by atoms with van der Waals surface area (Å²) in [6.07, 6.45) is 14.1. The van der Waals surface area contributed by atoms with Gasteiger partial charge in [-0.2, -0.15) is 0 Å². The Balaban J connectivity index is 1.61. The van der Waals surface area contributed by atoms with Crippen molar-refractivity contribution < 1.29 is 4.79 Å². The van der Waals surface area contributed by atoms with E-state index >= 15 is 0 Å². The second kappa shape index (κ2) is 9.55. The number of pyridine rings is 2. The standard InChI is InChI=1S/C26H26N4O/c1-2-12-29-25(31)26(11-15-30(20-26)19-21-7-5-13-27-17-21)16-22-8-3-4-10-24(22)23-9-6-14-28-18-23/h1,3-10,13-14,17-18H,11-12,15-16,19-20H2,(H,29,31). The van der Waals surface area contributed by atoms with Gasteiger partial charge in [0.25, 0.3) is 0 Å². The minimum atomic E-state index is -0.530. The molecule has 3 aromatic rings. The van der Waals surface area contributed by atoms with E-state index in [2.05, 4.69) is 50.4 Å². The summed E-state index contributed by atoms with van der Waals surface area (Å²) < 4.78 is 0. The van der Waals surface area contributed by atoms with Gasteiger partial charge in [0.05, 0.1) is 12.0 Å². The number of hydrogen-bond donors (Lipinski definition) is 1. The quantitative estimate of drug-likeness (QED) is 0.607. The first-order valence-electron chi connectivity index (χ1n) is 10.5. The summed E-state index contributed by atoms with van der Waals surface area (Å²) in [6, 6.07) is 16.3. The van der Waals surface area contributed by atoms with Gasteiger partial charge in [-0.3, -0.25) is 19.7 Å². The van der Waals surface area contributed by atoms with Crippen LogP contribution in [0.2, 0.25) is 0 Å². The van der Waals surface area contributed by atoms with E-state index in [9.17, 15) is 4.79 Å². The zero-order valence-corrected chi connectivity index (χ0v) is 17.5. The lowest BCUT2D eigenvalue weighted by Crippen LogP contribution is -2.44. The van der Waals surface area contributed by atoms with Crippen LogP contribution < -0.4 is 5.32 Å². The van der Waals surface area contributed by atoms with E-state index < -0.39 is 5.41 Å². The van der Waals surface area contributed by atoms with E-state index in [0.717, 1.165) is 41.8 Å². The van der Waals surface area contributed by atoms with Crippen molar-refractivity contribution in [1.82, 2.24) is 20.2 Å². The first-order valence-corrected chi connectivity index (χ1v) is 10.5. The first-order chi connectivity index (χ1) is 15.2. The molecule has 2 aromatic heterocycles. The molecule has 0 spiro atoms. The summed E-state index contributed by atoms with van der Waals surface area (Å²) in [5, 5.41) is 2.95. The molecule has 1 fully saturated rings. The van der Waals surface area contributed by atoms with Gasteiger partial charge in [-0.15, -0.1) is 6.42 Å². The molecule has 5 heteroatoms. The number of nitrogens with one attached hydrogen (secondary N) is 1. The summed E-state index contributed by atoms with van der Waals surface area (Å²) in [4.78, 5) is 24.1. The van der Waals surface area contributed by atoms with E-state index in [1.165, 1.54) is 0 Å². The fourth-order valence-electron chi connectivity index (χ4n) is 4.41. The summed E-state index contributed by atoms with van der Waals surface area (Å²) in [5.41, 5.74) is 3.94. The predicted octanol–water partition coefficient (Wildman–Crippen LogP) is 3.33. The lowest BCUT2D eigenvalue weighted by molar-refractivity contribution is -0.130. The highest BCUT2D eigenvalue weighted by Crippen LogP contribution is 2.38. The molecular weight excluding hydrogens is 384 g/mol. The van der Waals surface area contributed by atoms with E-state index in [0.29, 0.717) is 13.0 Å². The Morgan fingerprint density at radius 2 is 1.90 bits per heavy atom. The van der Waals surface area contributed by atoms with Gasteiger partial charge < -0.3 is 5.32 Å². The maximum absolute atomic E-state index is 13.3. The van der Waals surface area contributed by atoms with E-state index in [-0.39, 0.29) is 12.5 Å². The van der Waals surface area contributed by atoms with Crippen molar-refractivity contribution in [1.29, 1.82) is 0 Å². The molecule has 0 aliphatic carbocycles. The van der Waals surface area contributed by atoms with Crippen molar-refractivity contribution in [3.8, 4) is 23.5 Å². The monoisotopic (exact) mass is 410 g/mol. The highest BCUT2D eigenvalue weighted by molar-refractivity contribution is 5.84. The molecule has 3 heterocycles. The number of carbonyl (C=O) groups excluding carboxylic acids is 1. The lowest BCUT2D eigenvalue weighted by Gasteiger charge is -2.29. The van der Waals surface area contributed by atoms with Crippen LogP contribution in [0.1, 0.15) is 17.5 Å². The van der Waals surface area contributed by atoms with Gasteiger partial charge in [-0.1, -0.05) is 42.3 Å². The summed E-state index contributed by atoms with van der Waals surface area (Å²) in [6.45, 7) is 2.56. The molecule has 1 unspecified atom stereocenters. The first kappa shape index (κ1) is 20.8. The normalized spacial score (nSPS) is 18.4. The maximum Gasteiger partial charge on any atom is 0.228 e. The van der Waals surface area contributed by atoms with Gasteiger partial charge in [0.1, 0.15) is 0 Å². The smallest absolute Gasteiger partial charge is 0.228 e. The van der Waals surface area contributed by atoms with Gasteiger partial charge in [0, 0.05) is 43.4 Å². The average Bonchev–Trinajstić information content (AvgIpc) is 3.22. The summed E-state index contributed by atoms with van der Waals surface area (Å²) >= 11 is 0. The Bertz CT molecular complexity index is 1060. The molecule has 1 amide bonds. The van der Waals surface area contributed by atoms with Crippen molar-refractivity contribution in [2.45, 2.75) is 19.4 Å². The molecule has 0 saturated carbocycles. The zero-order chi connectivity index (χ0) is 21.5. The Kier molecular flexibility index (Phi) is 6.40. The molecular formula is C26H26N4O. The van der Waals surface area contributed by atoms with Gasteiger partial charge in [0.15, 0.2) is 0 Å². The molecule has 1 aromatic carbocycles. The molecule has 0 radical (unpaired) electrons. The Hall–Kier alpha value is -3.49. The van der Waals surface area contributed by atoms with Gasteiger partial charge in [0.2, 0.25) is 5.91 Å². The highest BCUT2D eigenvalue weighted by atomic mass is 16.2. The highest BCUT2D eigenvalue weighted by Gasteiger charge is 2.44.